The number of hydrogen-bond donors (Lipinski definition) is 0. The third kappa shape index (κ3) is 7.79. The first-order chi connectivity index (χ1) is 20.1. The number of nitrogens with zero attached hydrogens (tertiary/aromatic N) is 3. The third-order valence-electron chi connectivity index (χ3n) is 8.29. The molecule has 5 nitrogen and oxygen atoms in total. The summed E-state index contributed by atoms with van der Waals surface area (Å²) in [5.41, 5.74) is 2.61. The van der Waals surface area contributed by atoms with Gasteiger partial charge in [-0.15, -0.1) is 0 Å². The molecule has 2 fully saturated rings. The summed E-state index contributed by atoms with van der Waals surface area (Å²) in [7, 11) is 0. The Morgan fingerprint density at radius 1 is 0.929 bits per heavy atom. The number of ether oxygens (including phenoxy) is 1. The van der Waals surface area contributed by atoms with Crippen LogP contribution in [0, 0.1) is 13.8 Å². The van der Waals surface area contributed by atoms with Crippen molar-refractivity contribution in [3.63, 3.8) is 0 Å². The number of pyridine rings is 1. The Bertz CT molecular complexity index is 1350. The van der Waals surface area contributed by atoms with Crippen molar-refractivity contribution in [1.29, 1.82) is 0 Å². The minimum absolute atomic E-state index is 0.0890. The molecule has 0 N–H and O–H groups in total. The molecule has 2 aromatic carbocycles. The number of rotatable bonds is 8. The highest BCUT2D eigenvalue weighted by molar-refractivity contribution is 5.92. The van der Waals surface area contributed by atoms with Crippen LogP contribution in [0.1, 0.15) is 66.6 Å². The SMILES string of the molecule is Cc1cc(Oc2ccc(CN(C(=O)C=Cc3ccc(C(F)(F)F)cc3)C3CCN(C4CCCC4)CC3)cc2)cc(C)n1. The lowest BCUT2D eigenvalue weighted by Crippen LogP contribution is -2.48. The van der Waals surface area contributed by atoms with Crippen molar-refractivity contribution in [3.8, 4) is 11.5 Å². The largest absolute Gasteiger partial charge is 0.457 e. The summed E-state index contributed by atoms with van der Waals surface area (Å²) in [6.45, 7) is 6.24. The fourth-order valence-corrected chi connectivity index (χ4v) is 6.12. The first-order valence-corrected chi connectivity index (χ1v) is 14.8. The van der Waals surface area contributed by atoms with E-state index in [0.29, 0.717) is 23.9 Å². The van der Waals surface area contributed by atoms with Crippen LogP contribution >= 0.6 is 0 Å². The molecular weight excluding hydrogens is 539 g/mol. The highest BCUT2D eigenvalue weighted by Crippen LogP contribution is 2.30. The summed E-state index contributed by atoms with van der Waals surface area (Å²) in [4.78, 5) is 22.5. The first-order valence-electron chi connectivity index (χ1n) is 14.8. The normalized spacial score (nSPS) is 17.2. The quantitative estimate of drug-likeness (QED) is 0.255. The second kappa shape index (κ2) is 13.1. The van der Waals surface area contributed by atoms with E-state index in [2.05, 4.69) is 9.88 Å². The van der Waals surface area contributed by atoms with Gasteiger partial charge in [-0.25, -0.2) is 0 Å². The number of halogens is 3. The van der Waals surface area contributed by atoms with Crippen molar-refractivity contribution in [2.24, 2.45) is 0 Å². The molecule has 1 saturated carbocycles. The zero-order valence-corrected chi connectivity index (χ0v) is 24.2. The molecule has 2 heterocycles. The number of likely N-dealkylation sites (tertiary alicyclic amines) is 1. The van der Waals surface area contributed by atoms with Gasteiger partial charge >= 0.3 is 6.18 Å². The molecule has 1 aromatic heterocycles. The Balaban J connectivity index is 1.29. The first kappa shape index (κ1) is 29.8. The van der Waals surface area contributed by atoms with Crippen molar-refractivity contribution >= 4 is 12.0 Å². The molecule has 3 aromatic rings. The van der Waals surface area contributed by atoms with E-state index in [-0.39, 0.29) is 11.9 Å². The van der Waals surface area contributed by atoms with Crippen LogP contribution in [0.5, 0.6) is 11.5 Å². The monoisotopic (exact) mass is 577 g/mol. The standard InChI is InChI=1S/C34H38F3N3O2/c1-24-21-32(22-25(2)38-24)42-31-14-9-27(10-15-31)23-40(30-17-19-39(20-18-30)29-5-3-4-6-29)33(41)16-11-26-7-12-28(13-8-26)34(35,36)37/h7-16,21-22,29-30H,3-6,17-20,23H2,1-2H3. The van der Waals surface area contributed by atoms with Crippen molar-refractivity contribution in [2.75, 3.05) is 13.1 Å². The zero-order chi connectivity index (χ0) is 29.7. The minimum Gasteiger partial charge on any atom is -0.457 e. The Labute approximate surface area is 246 Å². The fourth-order valence-electron chi connectivity index (χ4n) is 6.12. The van der Waals surface area contributed by atoms with E-state index in [9.17, 15) is 18.0 Å². The highest BCUT2D eigenvalue weighted by Gasteiger charge is 2.32. The third-order valence-corrected chi connectivity index (χ3v) is 8.29. The second-order valence-electron chi connectivity index (χ2n) is 11.5. The number of amides is 1. The molecule has 8 heteroatoms. The summed E-state index contributed by atoms with van der Waals surface area (Å²) in [6, 6.07) is 17.2. The van der Waals surface area contributed by atoms with Gasteiger partial charge in [0.2, 0.25) is 5.91 Å². The number of aromatic nitrogens is 1. The smallest absolute Gasteiger partial charge is 0.416 e. The van der Waals surface area contributed by atoms with Gasteiger partial charge in [0, 0.05) is 61.3 Å². The van der Waals surface area contributed by atoms with Crippen LogP contribution in [-0.4, -0.2) is 45.9 Å². The fraction of sp³-hybridized carbons (Fsp3) is 0.412. The lowest BCUT2D eigenvalue weighted by molar-refractivity contribution is -0.137. The summed E-state index contributed by atoms with van der Waals surface area (Å²) >= 11 is 0. The number of aryl methyl sites for hydroxylation is 2. The number of piperidine rings is 1. The van der Waals surface area contributed by atoms with Crippen molar-refractivity contribution in [3.05, 3.63) is 94.8 Å². The van der Waals surface area contributed by atoms with Gasteiger partial charge in [-0.3, -0.25) is 9.78 Å². The number of carbonyl (C=O) groups is 1. The molecule has 0 atom stereocenters. The van der Waals surface area contributed by atoms with Gasteiger partial charge in [-0.05, 0) is 81.0 Å². The van der Waals surface area contributed by atoms with Gasteiger partial charge < -0.3 is 14.5 Å². The summed E-state index contributed by atoms with van der Waals surface area (Å²) < 4.78 is 44.9. The predicted octanol–water partition coefficient (Wildman–Crippen LogP) is 7.96. The predicted molar refractivity (Wildman–Crippen MR) is 158 cm³/mol. The minimum atomic E-state index is -4.39. The van der Waals surface area contributed by atoms with Crippen molar-refractivity contribution in [1.82, 2.24) is 14.8 Å². The van der Waals surface area contributed by atoms with E-state index >= 15 is 0 Å². The van der Waals surface area contributed by atoms with Crippen LogP contribution in [-0.2, 0) is 17.5 Å². The van der Waals surface area contributed by atoms with E-state index in [0.717, 1.165) is 60.8 Å². The van der Waals surface area contributed by atoms with Crippen LogP contribution in [0.2, 0.25) is 0 Å². The second-order valence-corrected chi connectivity index (χ2v) is 11.5. The summed E-state index contributed by atoms with van der Waals surface area (Å²) in [5.74, 6) is 1.29. The molecule has 1 amide bonds. The Kier molecular flexibility index (Phi) is 9.31. The van der Waals surface area contributed by atoms with Gasteiger partial charge in [-0.2, -0.15) is 13.2 Å². The van der Waals surface area contributed by atoms with Crippen molar-refractivity contribution in [2.45, 2.75) is 77.2 Å². The van der Waals surface area contributed by atoms with Gasteiger partial charge in [0.1, 0.15) is 11.5 Å². The van der Waals surface area contributed by atoms with Crippen LogP contribution in [0.25, 0.3) is 6.08 Å². The molecule has 1 aliphatic heterocycles. The molecule has 0 unspecified atom stereocenters. The molecule has 0 radical (unpaired) electrons. The lowest BCUT2D eigenvalue weighted by atomic mass is 9.99. The number of alkyl halides is 3. The molecule has 0 spiro atoms. The molecule has 1 aliphatic carbocycles. The van der Waals surface area contributed by atoms with Gasteiger partial charge in [0.25, 0.3) is 0 Å². The average Bonchev–Trinajstić information content (AvgIpc) is 3.50. The Hall–Kier alpha value is -3.65. The summed E-state index contributed by atoms with van der Waals surface area (Å²) in [6.07, 6.45) is 5.60. The molecule has 42 heavy (non-hydrogen) atoms. The van der Waals surface area contributed by atoms with E-state index in [4.69, 9.17) is 4.74 Å². The van der Waals surface area contributed by atoms with Gasteiger partial charge in [-0.1, -0.05) is 37.1 Å². The summed E-state index contributed by atoms with van der Waals surface area (Å²) in [5, 5.41) is 0. The van der Waals surface area contributed by atoms with Crippen LogP contribution in [0.15, 0.2) is 66.7 Å². The van der Waals surface area contributed by atoms with Crippen LogP contribution in [0.4, 0.5) is 13.2 Å². The number of carbonyl (C=O) groups excluding carboxylic acids is 1. The van der Waals surface area contributed by atoms with Crippen molar-refractivity contribution < 1.29 is 22.7 Å². The number of hydrogen-bond acceptors (Lipinski definition) is 4. The van der Waals surface area contributed by atoms with E-state index in [1.165, 1.54) is 43.9 Å². The topological polar surface area (TPSA) is 45.7 Å². The maximum atomic E-state index is 13.6. The molecule has 222 valence electrons. The molecule has 1 saturated heterocycles. The van der Waals surface area contributed by atoms with E-state index in [1.807, 2.05) is 55.1 Å². The van der Waals surface area contributed by atoms with Gasteiger partial charge in [0.05, 0.1) is 5.56 Å². The molecule has 2 aliphatic rings. The molecule has 0 bridgehead atoms. The van der Waals surface area contributed by atoms with E-state index in [1.54, 1.807) is 6.08 Å². The maximum absolute atomic E-state index is 13.6. The van der Waals surface area contributed by atoms with Crippen LogP contribution < -0.4 is 4.74 Å². The Morgan fingerprint density at radius 3 is 2.14 bits per heavy atom. The zero-order valence-electron chi connectivity index (χ0n) is 24.2. The average molecular weight is 578 g/mol. The maximum Gasteiger partial charge on any atom is 0.416 e. The molecule has 5 rings (SSSR count). The number of benzene rings is 2. The lowest BCUT2D eigenvalue weighted by Gasteiger charge is -2.40. The molecular formula is C34H38F3N3O2. The van der Waals surface area contributed by atoms with Crippen LogP contribution in [0.3, 0.4) is 0 Å². The highest BCUT2D eigenvalue weighted by atomic mass is 19.4. The van der Waals surface area contributed by atoms with E-state index < -0.39 is 11.7 Å². The Morgan fingerprint density at radius 2 is 1.55 bits per heavy atom. The van der Waals surface area contributed by atoms with Gasteiger partial charge in [0.15, 0.2) is 0 Å².